The summed E-state index contributed by atoms with van der Waals surface area (Å²) in [7, 11) is 0. The minimum Gasteiger partial charge on any atom is -0.364 e. The van der Waals surface area contributed by atoms with E-state index in [9.17, 15) is 0 Å². The number of imidazole rings is 1. The molecule has 0 aliphatic heterocycles. The summed E-state index contributed by atoms with van der Waals surface area (Å²) in [6.07, 6.45) is 1.58. The highest BCUT2D eigenvalue weighted by molar-refractivity contribution is 6.28. The third-order valence-corrected chi connectivity index (χ3v) is 2.97. The van der Waals surface area contributed by atoms with Gasteiger partial charge in [0, 0.05) is 6.54 Å². The van der Waals surface area contributed by atoms with E-state index < -0.39 is 0 Å². The largest absolute Gasteiger partial charge is 0.364 e. The Morgan fingerprint density at radius 1 is 1.32 bits per heavy atom. The highest BCUT2D eigenvalue weighted by Crippen LogP contribution is 2.19. The number of hydrogen-bond donors (Lipinski definition) is 2. The summed E-state index contributed by atoms with van der Waals surface area (Å²) in [6, 6.07) is 8.29. The quantitative estimate of drug-likeness (QED) is 0.720. The van der Waals surface area contributed by atoms with Crippen LogP contribution in [-0.2, 0) is 6.54 Å². The van der Waals surface area contributed by atoms with E-state index in [1.54, 1.807) is 6.33 Å². The Labute approximate surface area is 115 Å². The molecule has 2 heterocycles. The first kappa shape index (κ1) is 11.9. The van der Waals surface area contributed by atoms with Crippen LogP contribution in [0.1, 0.15) is 11.1 Å². The molecule has 1 aromatic carbocycles. The Morgan fingerprint density at radius 3 is 3.05 bits per heavy atom. The molecule has 2 N–H and O–H groups in total. The van der Waals surface area contributed by atoms with Crippen molar-refractivity contribution in [2.75, 3.05) is 5.32 Å². The fourth-order valence-electron chi connectivity index (χ4n) is 1.94. The lowest BCUT2D eigenvalue weighted by atomic mass is 10.1. The Bertz CT molecular complexity index is 722. The third-order valence-electron chi connectivity index (χ3n) is 2.80. The van der Waals surface area contributed by atoms with E-state index in [2.05, 4.69) is 50.4 Å². The molecule has 0 aliphatic rings. The standard InChI is InChI=1S/C13H12ClN5/c1-8-3-2-4-9(5-8)6-15-11-10-12(17-7-16-10)19-13(14)18-11/h2-5,7H,6H2,1H3,(H2,15,16,17,18,19). The second-order valence-electron chi connectivity index (χ2n) is 4.28. The molecule has 0 amide bonds. The van der Waals surface area contributed by atoms with E-state index >= 15 is 0 Å². The molecule has 2 aromatic heterocycles. The molecule has 0 unspecified atom stereocenters. The van der Waals surface area contributed by atoms with Crippen molar-refractivity contribution in [3.63, 3.8) is 0 Å². The molecule has 19 heavy (non-hydrogen) atoms. The van der Waals surface area contributed by atoms with Crippen LogP contribution >= 0.6 is 11.6 Å². The number of rotatable bonds is 3. The maximum absolute atomic E-state index is 5.87. The van der Waals surface area contributed by atoms with E-state index in [0.29, 0.717) is 18.0 Å². The van der Waals surface area contributed by atoms with Crippen molar-refractivity contribution in [1.29, 1.82) is 0 Å². The summed E-state index contributed by atoms with van der Waals surface area (Å²) in [6.45, 7) is 2.74. The summed E-state index contributed by atoms with van der Waals surface area (Å²) in [5, 5.41) is 3.44. The van der Waals surface area contributed by atoms with Gasteiger partial charge in [0.15, 0.2) is 11.5 Å². The SMILES string of the molecule is Cc1cccc(CNc2nc(Cl)nc3nc[nH]c23)c1. The Kier molecular flexibility index (Phi) is 3.05. The molecule has 0 atom stereocenters. The van der Waals surface area contributed by atoms with Gasteiger partial charge in [0.1, 0.15) is 5.52 Å². The lowest BCUT2D eigenvalue weighted by molar-refractivity contribution is 1.09. The minimum absolute atomic E-state index is 0.186. The van der Waals surface area contributed by atoms with Gasteiger partial charge in [-0.3, -0.25) is 0 Å². The molecule has 0 aliphatic carbocycles. The molecule has 6 heteroatoms. The zero-order chi connectivity index (χ0) is 13.2. The minimum atomic E-state index is 0.186. The van der Waals surface area contributed by atoms with Gasteiger partial charge in [0.05, 0.1) is 6.33 Å². The zero-order valence-electron chi connectivity index (χ0n) is 10.3. The molecule has 3 aromatic rings. The van der Waals surface area contributed by atoms with Gasteiger partial charge in [0.2, 0.25) is 5.28 Å². The van der Waals surface area contributed by atoms with Gasteiger partial charge >= 0.3 is 0 Å². The number of aromatic amines is 1. The third kappa shape index (κ3) is 2.51. The molecule has 0 saturated carbocycles. The van der Waals surface area contributed by atoms with Crippen LogP contribution < -0.4 is 5.32 Å². The fourth-order valence-corrected chi connectivity index (χ4v) is 2.11. The van der Waals surface area contributed by atoms with Gasteiger partial charge in [0.25, 0.3) is 0 Å². The van der Waals surface area contributed by atoms with Crippen LogP contribution in [0.4, 0.5) is 5.82 Å². The summed E-state index contributed by atoms with van der Waals surface area (Å²) in [5.74, 6) is 0.661. The van der Waals surface area contributed by atoms with Crippen LogP contribution in [-0.4, -0.2) is 19.9 Å². The number of nitrogens with zero attached hydrogens (tertiary/aromatic N) is 3. The topological polar surface area (TPSA) is 66.5 Å². The van der Waals surface area contributed by atoms with Crippen molar-refractivity contribution in [3.8, 4) is 0 Å². The van der Waals surface area contributed by atoms with Crippen LogP contribution in [0.2, 0.25) is 5.28 Å². The van der Waals surface area contributed by atoms with Crippen molar-refractivity contribution >= 4 is 28.6 Å². The summed E-state index contributed by atoms with van der Waals surface area (Å²) in [4.78, 5) is 15.3. The van der Waals surface area contributed by atoms with Gasteiger partial charge in [-0.05, 0) is 24.1 Å². The number of aryl methyl sites for hydroxylation is 1. The summed E-state index contributed by atoms with van der Waals surface area (Å²) >= 11 is 5.87. The normalized spacial score (nSPS) is 10.8. The number of H-pyrrole nitrogens is 1. The van der Waals surface area contributed by atoms with Crippen molar-refractivity contribution in [2.45, 2.75) is 13.5 Å². The molecule has 0 radical (unpaired) electrons. The number of aromatic nitrogens is 4. The molecular formula is C13H12ClN5. The van der Waals surface area contributed by atoms with E-state index in [-0.39, 0.29) is 5.28 Å². The Morgan fingerprint density at radius 2 is 2.21 bits per heavy atom. The van der Waals surface area contributed by atoms with Crippen molar-refractivity contribution in [2.24, 2.45) is 0 Å². The molecular weight excluding hydrogens is 262 g/mol. The first-order chi connectivity index (χ1) is 9.22. The van der Waals surface area contributed by atoms with Crippen LogP contribution in [0.5, 0.6) is 0 Å². The number of hydrogen-bond acceptors (Lipinski definition) is 4. The molecule has 0 fully saturated rings. The van der Waals surface area contributed by atoms with Crippen molar-refractivity contribution in [3.05, 3.63) is 47.0 Å². The van der Waals surface area contributed by atoms with Crippen molar-refractivity contribution < 1.29 is 0 Å². The average molecular weight is 274 g/mol. The molecule has 0 spiro atoms. The molecule has 3 rings (SSSR count). The molecule has 5 nitrogen and oxygen atoms in total. The number of halogens is 1. The first-order valence-electron chi connectivity index (χ1n) is 5.88. The van der Waals surface area contributed by atoms with Gasteiger partial charge in [-0.1, -0.05) is 29.8 Å². The molecule has 0 bridgehead atoms. The van der Waals surface area contributed by atoms with Gasteiger partial charge in [-0.15, -0.1) is 0 Å². The predicted molar refractivity (Wildman–Crippen MR) is 75.2 cm³/mol. The second kappa shape index (κ2) is 4.85. The van der Waals surface area contributed by atoms with Crippen LogP contribution in [0.3, 0.4) is 0 Å². The average Bonchev–Trinajstić information content (AvgIpc) is 2.84. The van der Waals surface area contributed by atoms with Gasteiger partial charge in [-0.2, -0.15) is 9.97 Å². The Balaban J connectivity index is 1.87. The lowest BCUT2D eigenvalue weighted by Gasteiger charge is -2.07. The van der Waals surface area contributed by atoms with E-state index in [1.807, 2.05) is 6.07 Å². The highest BCUT2D eigenvalue weighted by atomic mass is 35.5. The monoisotopic (exact) mass is 273 g/mol. The molecule has 0 saturated heterocycles. The number of anilines is 1. The van der Waals surface area contributed by atoms with Crippen LogP contribution in [0, 0.1) is 6.92 Å². The van der Waals surface area contributed by atoms with E-state index in [4.69, 9.17) is 11.6 Å². The fraction of sp³-hybridized carbons (Fsp3) is 0.154. The summed E-state index contributed by atoms with van der Waals surface area (Å²) in [5.41, 5.74) is 3.73. The Hall–Kier alpha value is -2.14. The maximum Gasteiger partial charge on any atom is 0.226 e. The highest BCUT2D eigenvalue weighted by Gasteiger charge is 2.08. The molecule has 96 valence electrons. The summed E-state index contributed by atoms with van der Waals surface area (Å²) < 4.78 is 0. The maximum atomic E-state index is 5.87. The lowest BCUT2D eigenvalue weighted by Crippen LogP contribution is -2.03. The van der Waals surface area contributed by atoms with E-state index in [1.165, 1.54) is 11.1 Å². The van der Waals surface area contributed by atoms with Crippen molar-refractivity contribution in [1.82, 2.24) is 19.9 Å². The smallest absolute Gasteiger partial charge is 0.226 e. The number of fused-ring (bicyclic) bond motifs is 1. The second-order valence-corrected chi connectivity index (χ2v) is 4.62. The van der Waals surface area contributed by atoms with Crippen LogP contribution in [0.25, 0.3) is 11.2 Å². The number of nitrogens with one attached hydrogen (secondary N) is 2. The van der Waals surface area contributed by atoms with E-state index in [0.717, 1.165) is 5.52 Å². The predicted octanol–water partition coefficient (Wildman–Crippen LogP) is 2.93. The van der Waals surface area contributed by atoms with Gasteiger partial charge in [-0.25, -0.2) is 4.98 Å². The number of benzene rings is 1. The van der Waals surface area contributed by atoms with Gasteiger partial charge < -0.3 is 10.3 Å². The first-order valence-corrected chi connectivity index (χ1v) is 6.26. The van der Waals surface area contributed by atoms with Crippen LogP contribution in [0.15, 0.2) is 30.6 Å². The zero-order valence-corrected chi connectivity index (χ0v) is 11.1.